The van der Waals surface area contributed by atoms with Crippen LogP contribution in [0.2, 0.25) is 0 Å². The second-order valence-corrected chi connectivity index (χ2v) is 10.2. The molecule has 1 aliphatic heterocycles. The van der Waals surface area contributed by atoms with Crippen molar-refractivity contribution in [2.45, 2.75) is 32.1 Å². The van der Waals surface area contributed by atoms with Crippen molar-refractivity contribution in [1.82, 2.24) is 19.5 Å². The maximum atomic E-state index is 12.5. The number of amides is 1. The highest BCUT2D eigenvalue weighted by molar-refractivity contribution is 7.89. The van der Waals surface area contributed by atoms with Crippen LogP contribution in [0.5, 0.6) is 0 Å². The number of anilines is 1. The SMILES string of the molecule is CC(C)S(=O)(=O)N1CCc2nc(NC(=O)c3cc(-c4ccco4)[nH]n3)sc2C1. The summed E-state index contributed by atoms with van der Waals surface area (Å²) in [6.45, 7) is 4.03. The Balaban J connectivity index is 1.47. The first kappa shape index (κ1) is 18.8. The molecule has 0 atom stereocenters. The van der Waals surface area contributed by atoms with Crippen LogP contribution in [0, 0.1) is 0 Å². The lowest BCUT2D eigenvalue weighted by molar-refractivity contribution is 0.102. The number of fused-ring (bicyclic) bond motifs is 1. The predicted molar refractivity (Wildman–Crippen MR) is 105 cm³/mol. The van der Waals surface area contributed by atoms with Crippen molar-refractivity contribution >= 4 is 32.4 Å². The summed E-state index contributed by atoms with van der Waals surface area (Å²) in [5.74, 6) is 0.189. The van der Waals surface area contributed by atoms with E-state index in [2.05, 4.69) is 20.5 Å². The molecule has 4 rings (SSSR count). The summed E-state index contributed by atoms with van der Waals surface area (Å²) in [6, 6.07) is 5.11. The summed E-state index contributed by atoms with van der Waals surface area (Å²) in [5, 5.41) is 9.47. The number of rotatable bonds is 5. The highest BCUT2D eigenvalue weighted by Crippen LogP contribution is 2.30. The zero-order valence-corrected chi connectivity index (χ0v) is 16.9. The molecule has 0 fully saturated rings. The maximum absolute atomic E-state index is 12.5. The molecule has 1 aliphatic rings. The molecule has 9 nitrogen and oxygen atoms in total. The van der Waals surface area contributed by atoms with Crippen molar-refractivity contribution in [1.29, 1.82) is 0 Å². The third kappa shape index (κ3) is 3.48. The van der Waals surface area contributed by atoms with Gasteiger partial charge in [-0.2, -0.15) is 9.40 Å². The van der Waals surface area contributed by atoms with Crippen LogP contribution in [0.4, 0.5) is 5.13 Å². The van der Waals surface area contributed by atoms with Crippen LogP contribution in [0.3, 0.4) is 0 Å². The normalized spacial score (nSPS) is 15.0. The second kappa shape index (κ2) is 7.15. The molecule has 4 heterocycles. The number of sulfonamides is 1. The monoisotopic (exact) mass is 421 g/mol. The number of carbonyl (C=O) groups excluding carboxylic acids is 1. The summed E-state index contributed by atoms with van der Waals surface area (Å²) >= 11 is 1.29. The number of carbonyl (C=O) groups is 1. The Morgan fingerprint density at radius 2 is 2.25 bits per heavy atom. The van der Waals surface area contributed by atoms with Crippen molar-refractivity contribution < 1.29 is 17.6 Å². The zero-order valence-electron chi connectivity index (χ0n) is 15.3. The first-order chi connectivity index (χ1) is 13.3. The highest BCUT2D eigenvalue weighted by atomic mass is 32.2. The molecule has 0 bridgehead atoms. The molecule has 0 aliphatic carbocycles. The summed E-state index contributed by atoms with van der Waals surface area (Å²) in [6.07, 6.45) is 2.07. The van der Waals surface area contributed by atoms with E-state index >= 15 is 0 Å². The fourth-order valence-corrected chi connectivity index (χ4v) is 5.25. The average molecular weight is 422 g/mol. The largest absolute Gasteiger partial charge is 0.463 e. The first-order valence-electron chi connectivity index (χ1n) is 8.73. The number of hydrogen-bond donors (Lipinski definition) is 2. The van der Waals surface area contributed by atoms with Gasteiger partial charge in [0.2, 0.25) is 10.0 Å². The van der Waals surface area contributed by atoms with Gasteiger partial charge in [0.05, 0.1) is 17.2 Å². The Hall–Kier alpha value is -2.50. The van der Waals surface area contributed by atoms with Crippen molar-refractivity contribution in [2.75, 3.05) is 11.9 Å². The van der Waals surface area contributed by atoms with Crippen LogP contribution in [0.15, 0.2) is 28.9 Å². The summed E-state index contributed by atoms with van der Waals surface area (Å²) in [7, 11) is -3.32. The van der Waals surface area contributed by atoms with Gasteiger partial charge in [-0.05, 0) is 26.0 Å². The van der Waals surface area contributed by atoms with E-state index in [0.717, 1.165) is 10.6 Å². The number of thiazole rings is 1. The number of nitrogens with zero attached hydrogens (tertiary/aromatic N) is 3. The molecule has 0 spiro atoms. The first-order valence-corrected chi connectivity index (χ1v) is 11.0. The van der Waals surface area contributed by atoms with E-state index in [1.165, 1.54) is 15.6 Å². The predicted octanol–water partition coefficient (Wildman–Crippen LogP) is 2.47. The number of aromatic nitrogens is 3. The Morgan fingerprint density at radius 3 is 2.96 bits per heavy atom. The molecular formula is C17H19N5O4S2. The Bertz CT molecular complexity index is 1100. The molecule has 148 valence electrons. The Morgan fingerprint density at radius 1 is 1.43 bits per heavy atom. The fourth-order valence-electron chi connectivity index (χ4n) is 2.90. The van der Waals surface area contributed by atoms with Crippen molar-refractivity contribution in [3.63, 3.8) is 0 Å². The Kier molecular flexibility index (Phi) is 4.81. The summed E-state index contributed by atoms with van der Waals surface area (Å²) in [5.41, 5.74) is 1.64. The molecule has 11 heteroatoms. The zero-order chi connectivity index (χ0) is 19.9. The van der Waals surface area contributed by atoms with Crippen molar-refractivity contribution in [2.24, 2.45) is 0 Å². The molecule has 3 aromatic rings. The number of nitrogens with one attached hydrogen (secondary N) is 2. The molecule has 0 saturated heterocycles. The Labute approximate surface area is 165 Å². The minimum Gasteiger partial charge on any atom is -0.463 e. The van der Waals surface area contributed by atoms with Crippen LogP contribution in [0.1, 0.15) is 34.9 Å². The lowest BCUT2D eigenvalue weighted by atomic mass is 10.2. The third-order valence-corrected chi connectivity index (χ3v) is 7.69. The molecule has 0 unspecified atom stereocenters. The van der Waals surface area contributed by atoms with Crippen LogP contribution >= 0.6 is 11.3 Å². The lowest BCUT2D eigenvalue weighted by Crippen LogP contribution is -2.39. The van der Waals surface area contributed by atoms with Gasteiger partial charge in [-0.25, -0.2) is 13.4 Å². The molecule has 0 saturated carbocycles. The van der Waals surface area contributed by atoms with Gasteiger partial charge < -0.3 is 4.42 Å². The van der Waals surface area contributed by atoms with E-state index in [1.807, 2.05) is 0 Å². The van der Waals surface area contributed by atoms with E-state index in [1.54, 1.807) is 38.3 Å². The van der Waals surface area contributed by atoms with E-state index in [0.29, 0.717) is 29.6 Å². The van der Waals surface area contributed by atoms with Gasteiger partial charge in [0.15, 0.2) is 16.6 Å². The smallest absolute Gasteiger partial charge is 0.277 e. The van der Waals surface area contributed by atoms with Gasteiger partial charge in [-0.1, -0.05) is 0 Å². The minimum absolute atomic E-state index is 0.212. The summed E-state index contributed by atoms with van der Waals surface area (Å²) < 4.78 is 31.5. The molecule has 2 N–H and O–H groups in total. The molecule has 28 heavy (non-hydrogen) atoms. The van der Waals surface area contributed by atoms with Crippen LogP contribution in [-0.4, -0.2) is 45.6 Å². The van der Waals surface area contributed by atoms with Crippen molar-refractivity contribution in [3.05, 3.63) is 40.7 Å². The molecule has 1 amide bonds. The van der Waals surface area contributed by atoms with E-state index in [-0.39, 0.29) is 12.2 Å². The van der Waals surface area contributed by atoms with Crippen molar-refractivity contribution in [3.8, 4) is 11.5 Å². The van der Waals surface area contributed by atoms with Gasteiger partial charge in [0.25, 0.3) is 5.91 Å². The highest BCUT2D eigenvalue weighted by Gasteiger charge is 2.31. The van der Waals surface area contributed by atoms with Gasteiger partial charge in [-0.15, -0.1) is 11.3 Å². The quantitative estimate of drug-likeness (QED) is 0.653. The topological polar surface area (TPSA) is 121 Å². The van der Waals surface area contributed by atoms with Gasteiger partial charge >= 0.3 is 0 Å². The maximum Gasteiger partial charge on any atom is 0.277 e. The van der Waals surface area contributed by atoms with Crippen LogP contribution in [0.25, 0.3) is 11.5 Å². The number of aromatic amines is 1. The van der Waals surface area contributed by atoms with Gasteiger partial charge in [-0.3, -0.25) is 15.2 Å². The van der Waals surface area contributed by atoms with E-state index in [9.17, 15) is 13.2 Å². The van der Waals surface area contributed by atoms with Gasteiger partial charge in [0, 0.05) is 30.5 Å². The molecule has 0 aromatic carbocycles. The average Bonchev–Trinajstić information content (AvgIpc) is 3.39. The van der Waals surface area contributed by atoms with Crippen LogP contribution < -0.4 is 5.32 Å². The minimum atomic E-state index is -3.32. The lowest BCUT2D eigenvalue weighted by Gasteiger charge is -2.26. The fraction of sp³-hybridized carbons (Fsp3) is 0.353. The third-order valence-electron chi connectivity index (χ3n) is 4.47. The standard InChI is InChI=1S/C17H19N5O4S2/c1-10(2)28(24,25)22-6-5-11-15(9-22)27-17(18-11)19-16(23)13-8-12(20-21-13)14-4-3-7-26-14/h3-4,7-8,10H,5-6,9H2,1-2H3,(H,20,21)(H,18,19,23). The second-order valence-electron chi connectivity index (χ2n) is 6.66. The number of hydrogen-bond acceptors (Lipinski definition) is 7. The van der Waals surface area contributed by atoms with Gasteiger partial charge in [0.1, 0.15) is 5.69 Å². The number of H-pyrrole nitrogens is 1. The molecule has 3 aromatic heterocycles. The molecule has 0 radical (unpaired) electrons. The van der Waals surface area contributed by atoms with E-state index in [4.69, 9.17) is 4.42 Å². The number of furan rings is 1. The summed E-state index contributed by atoms with van der Waals surface area (Å²) in [4.78, 5) is 17.8. The van der Waals surface area contributed by atoms with Crippen LogP contribution in [-0.2, 0) is 23.0 Å². The molecular weight excluding hydrogens is 402 g/mol. The van der Waals surface area contributed by atoms with E-state index < -0.39 is 21.2 Å².